The van der Waals surface area contributed by atoms with Crippen LogP contribution in [-0.2, 0) is 11.2 Å². The summed E-state index contributed by atoms with van der Waals surface area (Å²) in [6.07, 6.45) is 6.26. The zero-order valence-corrected chi connectivity index (χ0v) is 11.1. The molecule has 1 heterocycles. The minimum atomic E-state index is 0.194. The molecule has 0 N–H and O–H groups in total. The van der Waals surface area contributed by atoms with Gasteiger partial charge in [0.15, 0.2) is 0 Å². The SMILES string of the molecule is C#Cc1ccc(C2=N[C@@H](Cc3ccccc3)CO2)cc1. The molecule has 2 aromatic rings. The van der Waals surface area contributed by atoms with E-state index in [1.54, 1.807) is 0 Å². The number of ether oxygens (including phenoxy) is 1. The van der Waals surface area contributed by atoms with Gasteiger partial charge in [-0.05, 0) is 36.2 Å². The fourth-order valence-corrected chi connectivity index (χ4v) is 2.27. The van der Waals surface area contributed by atoms with Crippen molar-refractivity contribution < 1.29 is 4.74 Å². The second-order valence-corrected chi connectivity index (χ2v) is 4.81. The molecule has 0 bridgehead atoms. The van der Waals surface area contributed by atoms with Gasteiger partial charge in [-0.3, -0.25) is 0 Å². The van der Waals surface area contributed by atoms with Crippen molar-refractivity contribution in [2.45, 2.75) is 12.5 Å². The van der Waals surface area contributed by atoms with E-state index in [0.717, 1.165) is 23.4 Å². The van der Waals surface area contributed by atoms with Crippen molar-refractivity contribution in [1.82, 2.24) is 0 Å². The molecule has 0 unspecified atom stereocenters. The van der Waals surface area contributed by atoms with Crippen LogP contribution in [0.25, 0.3) is 0 Å². The first-order chi connectivity index (χ1) is 9.85. The van der Waals surface area contributed by atoms with Crippen LogP contribution in [0, 0.1) is 12.3 Å². The van der Waals surface area contributed by atoms with Crippen LogP contribution >= 0.6 is 0 Å². The van der Waals surface area contributed by atoms with Gasteiger partial charge in [0.25, 0.3) is 0 Å². The van der Waals surface area contributed by atoms with Gasteiger partial charge in [0.2, 0.25) is 5.90 Å². The Morgan fingerprint density at radius 3 is 2.55 bits per heavy atom. The Bertz CT molecular complexity index is 650. The smallest absolute Gasteiger partial charge is 0.216 e. The summed E-state index contributed by atoms with van der Waals surface area (Å²) in [4.78, 5) is 4.65. The third kappa shape index (κ3) is 2.73. The lowest BCUT2D eigenvalue weighted by Crippen LogP contribution is -2.09. The molecular weight excluding hydrogens is 246 g/mol. The third-order valence-electron chi connectivity index (χ3n) is 3.32. The first kappa shape index (κ1) is 12.5. The number of hydrogen-bond donors (Lipinski definition) is 0. The monoisotopic (exact) mass is 261 g/mol. The van der Waals surface area contributed by atoms with E-state index in [1.807, 2.05) is 42.5 Å². The Balaban J connectivity index is 1.73. The predicted molar refractivity (Wildman–Crippen MR) is 80.8 cm³/mol. The van der Waals surface area contributed by atoms with Gasteiger partial charge in [0, 0.05) is 11.1 Å². The van der Waals surface area contributed by atoms with Crippen LogP contribution in [-0.4, -0.2) is 18.5 Å². The maximum absolute atomic E-state index is 5.70. The molecule has 0 aromatic heterocycles. The molecule has 1 aliphatic rings. The maximum atomic E-state index is 5.70. The van der Waals surface area contributed by atoms with Crippen molar-refractivity contribution in [3.05, 3.63) is 71.3 Å². The standard InChI is InChI=1S/C18H15NO/c1-2-14-8-10-16(11-9-14)18-19-17(13-20-18)12-15-6-4-3-5-7-15/h1,3-11,17H,12-13H2/t17-/m0/s1. The Kier molecular flexibility index (Phi) is 3.52. The van der Waals surface area contributed by atoms with E-state index in [9.17, 15) is 0 Å². The average molecular weight is 261 g/mol. The van der Waals surface area contributed by atoms with Crippen molar-refractivity contribution in [1.29, 1.82) is 0 Å². The van der Waals surface area contributed by atoms with Gasteiger partial charge >= 0.3 is 0 Å². The normalized spacial score (nSPS) is 17.1. The van der Waals surface area contributed by atoms with Crippen LogP contribution in [0.15, 0.2) is 59.6 Å². The fraction of sp³-hybridized carbons (Fsp3) is 0.167. The van der Waals surface area contributed by atoms with E-state index in [-0.39, 0.29) is 6.04 Å². The molecule has 0 saturated carbocycles. The Labute approximate surface area is 119 Å². The molecule has 1 aliphatic heterocycles. The Morgan fingerprint density at radius 2 is 1.85 bits per heavy atom. The van der Waals surface area contributed by atoms with Crippen LogP contribution in [0.1, 0.15) is 16.7 Å². The Hall–Kier alpha value is -2.53. The lowest BCUT2D eigenvalue weighted by Gasteiger charge is -2.04. The van der Waals surface area contributed by atoms with E-state index in [1.165, 1.54) is 5.56 Å². The quantitative estimate of drug-likeness (QED) is 0.778. The summed E-state index contributed by atoms with van der Waals surface area (Å²) >= 11 is 0. The summed E-state index contributed by atoms with van der Waals surface area (Å²) in [7, 11) is 0. The highest BCUT2D eigenvalue weighted by Crippen LogP contribution is 2.16. The van der Waals surface area contributed by atoms with E-state index in [4.69, 9.17) is 11.2 Å². The van der Waals surface area contributed by atoms with Gasteiger partial charge in [-0.1, -0.05) is 36.3 Å². The molecule has 0 amide bonds. The van der Waals surface area contributed by atoms with E-state index < -0.39 is 0 Å². The molecule has 1 atom stereocenters. The summed E-state index contributed by atoms with van der Waals surface area (Å²) in [5.41, 5.74) is 3.14. The maximum Gasteiger partial charge on any atom is 0.216 e. The number of hydrogen-bond acceptors (Lipinski definition) is 2. The molecule has 0 saturated heterocycles. The molecule has 0 fully saturated rings. The predicted octanol–water partition coefficient (Wildman–Crippen LogP) is 3.06. The van der Waals surface area contributed by atoms with Gasteiger partial charge in [0.1, 0.15) is 6.61 Å². The molecule has 20 heavy (non-hydrogen) atoms. The molecule has 3 rings (SSSR count). The number of nitrogens with zero attached hydrogens (tertiary/aromatic N) is 1. The molecule has 2 nitrogen and oxygen atoms in total. The fourth-order valence-electron chi connectivity index (χ4n) is 2.27. The van der Waals surface area contributed by atoms with Crippen molar-refractivity contribution >= 4 is 5.90 Å². The first-order valence-corrected chi connectivity index (χ1v) is 6.67. The molecule has 2 aromatic carbocycles. The van der Waals surface area contributed by atoms with Crippen LogP contribution in [0.5, 0.6) is 0 Å². The van der Waals surface area contributed by atoms with Gasteiger partial charge < -0.3 is 4.74 Å². The first-order valence-electron chi connectivity index (χ1n) is 6.67. The van der Waals surface area contributed by atoms with Crippen molar-refractivity contribution in [2.75, 3.05) is 6.61 Å². The topological polar surface area (TPSA) is 21.6 Å². The van der Waals surface area contributed by atoms with E-state index >= 15 is 0 Å². The lowest BCUT2D eigenvalue weighted by molar-refractivity contribution is 0.317. The highest BCUT2D eigenvalue weighted by Gasteiger charge is 2.20. The summed E-state index contributed by atoms with van der Waals surface area (Å²) in [6, 6.07) is 18.3. The van der Waals surface area contributed by atoms with Crippen LogP contribution in [0.3, 0.4) is 0 Å². The molecule has 0 radical (unpaired) electrons. The van der Waals surface area contributed by atoms with Gasteiger partial charge in [-0.25, -0.2) is 4.99 Å². The van der Waals surface area contributed by atoms with Gasteiger partial charge in [0.05, 0.1) is 6.04 Å². The van der Waals surface area contributed by atoms with Crippen molar-refractivity contribution in [3.63, 3.8) is 0 Å². The summed E-state index contributed by atoms with van der Waals surface area (Å²) in [5, 5.41) is 0. The molecule has 98 valence electrons. The summed E-state index contributed by atoms with van der Waals surface area (Å²) in [5.74, 6) is 3.32. The number of terminal acetylenes is 1. The minimum absolute atomic E-state index is 0.194. The molecule has 2 heteroatoms. The molecule has 0 spiro atoms. The average Bonchev–Trinajstić information content (AvgIpc) is 2.97. The summed E-state index contributed by atoms with van der Waals surface area (Å²) in [6.45, 7) is 0.640. The lowest BCUT2D eigenvalue weighted by atomic mass is 10.1. The zero-order valence-electron chi connectivity index (χ0n) is 11.1. The minimum Gasteiger partial charge on any atom is -0.475 e. The third-order valence-corrected chi connectivity index (χ3v) is 3.32. The van der Waals surface area contributed by atoms with Crippen molar-refractivity contribution in [3.8, 4) is 12.3 Å². The van der Waals surface area contributed by atoms with E-state index in [2.05, 4.69) is 23.0 Å². The van der Waals surface area contributed by atoms with Crippen molar-refractivity contribution in [2.24, 2.45) is 4.99 Å². The molecule has 0 aliphatic carbocycles. The second kappa shape index (κ2) is 5.63. The van der Waals surface area contributed by atoms with Gasteiger partial charge in [-0.15, -0.1) is 6.42 Å². The molecular formula is C18H15NO. The largest absolute Gasteiger partial charge is 0.475 e. The van der Waals surface area contributed by atoms with E-state index in [0.29, 0.717) is 6.61 Å². The second-order valence-electron chi connectivity index (χ2n) is 4.81. The van der Waals surface area contributed by atoms with Crippen LogP contribution in [0.4, 0.5) is 0 Å². The van der Waals surface area contributed by atoms with Crippen LogP contribution in [0.2, 0.25) is 0 Å². The number of benzene rings is 2. The Morgan fingerprint density at radius 1 is 1.10 bits per heavy atom. The number of rotatable bonds is 3. The van der Waals surface area contributed by atoms with Crippen LogP contribution < -0.4 is 0 Å². The highest BCUT2D eigenvalue weighted by molar-refractivity contribution is 5.95. The zero-order chi connectivity index (χ0) is 13.8. The van der Waals surface area contributed by atoms with Gasteiger partial charge in [-0.2, -0.15) is 0 Å². The number of aliphatic imine (C=N–C) groups is 1. The summed E-state index contributed by atoms with van der Waals surface area (Å²) < 4.78 is 5.70. The highest BCUT2D eigenvalue weighted by atomic mass is 16.5.